The number of ether oxygens (including phenoxy) is 2. The van der Waals surface area contributed by atoms with Crippen LogP contribution in [-0.2, 0) is 22.5 Å². The summed E-state index contributed by atoms with van der Waals surface area (Å²) in [5, 5.41) is 7.13. The lowest BCUT2D eigenvalue weighted by Crippen LogP contribution is -2.53. The van der Waals surface area contributed by atoms with E-state index in [9.17, 15) is 4.79 Å². The van der Waals surface area contributed by atoms with Gasteiger partial charge in [-0.1, -0.05) is 17.3 Å². The molecule has 1 saturated heterocycles. The molecule has 0 bridgehead atoms. The summed E-state index contributed by atoms with van der Waals surface area (Å²) in [5.74, 6) is 1.01. The SMILES string of the molecule is COCc1nc(-c2ccc3c(c2)CCC3NC(=O)N(C)C2COC2)no1. The van der Waals surface area contributed by atoms with E-state index in [2.05, 4.69) is 21.5 Å². The van der Waals surface area contributed by atoms with Gasteiger partial charge in [-0.15, -0.1) is 0 Å². The zero-order chi connectivity index (χ0) is 18.1. The molecule has 2 heterocycles. The van der Waals surface area contributed by atoms with E-state index < -0.39 is 0 Å². The molecule has 0 spiro atoms. The van der Waals surface area contributed by atoms with Gasteiger partial charge in [-0.3, -0.25) is 0 Å². The van der Waals surface area contributed by atoms with Gasteiger partial charge < -0.3 is 24.2 Å². The lowest BCUT2D eigenvalue weighted by Gasteiger charge is -2.35. The number of amides is 2. The van der Waals surface area contributed by atoms with Crippen molar-refractivity contribution in [3.63, 3.8) is 0 Å². The average molecular weight is 358 g/mol. The molecule has 1 aromatic carbocycles. The van der Waals surface area contributed by atoms with E-state index in [1.165, 1.54) is 5.56 Å². The number of urea groups is 1. The average Bonchev–Trinajstić information content (AvgIpc) is 3.20. The van der Waals surface area contributed by atoms with Gasteiger partial charge in [-0.05, 0) is 30.0 Å². The topological polar surface area (TPSA) is 89.7 Å². The van der Waals surface area contributed by atoms with Crippen molar-refractivity contribution in [2.45, 2.75) is 31.5 Å². The monoisotopic (exact) mass is 358 g/mol. The summed E-state index contributed by atoms with van der Waals surface area (Å²) >= 11 is 0. The Balaban J connectivity index is 1.46. The highest BCUT2D eigenvalue weighted by molar-refractivity contribution is 5.75. The fourth-order valence-electron chi connectivity index (χ4n) is 3.32. The van der Waals surface area contributed by atoms with Gasteiger partial charge in [-0.25, -0.2) is 4.79 Å². The predicted octanol–water partition coefficient (Wildman–Crippen LogP) is 1.91. The van der Waals surface area contributed by atoms with E-state index in [1.54, 1.807) is 12.0 Å². The van der Waals surface area contributed by atoms with E-state index in [4.69, 9.17) is 14.0 Å². The number of hydrogen-bond acceptors (Lipinski definition) is 6. The lowest BCUT2D eigenvalue weighted by molar-refractivity contribution is -0.0421. The Kier molecular flexibility index (Phi) is 4.60. The molecular formula is C18H22N4O4. The first kappa shape index (κ1) is 17.0. The number of carbonyl (C=O) groups excluding carboxylic acids is 1. The quantitative estimate of drug-likeness (QED) is 0.878. The minimum Gasteiger partial charge on any atom is -0.377 e. The van der Waals surface area contributed by atoms with Crippen molar-refractivity contribution >= 4 is 6.03 Å². The van der Waals surface area contributed by atoms with Gasteiger partial charge in [0.15, 0.2) is 0 Å². The third kappa shape index (κ3) is 3.17. The molecular weight excluding hydrogens is 336 g/mol. The largest absolute Gasteiger partial charge is 0.377 e. The molecule has 1 aliphatic carbocycles. The first-order chi connectivity index (χ1) is 12.7. The number of nitrogens with zero attached hydrogens (tertiary/aromatic N) is 3. The molecule has 8 nitrogen and oxygen atoms in total. The molecule has 1 fully saturated rings. The Morgan fingerprint density at radius 1 is 1.42 bits per heavy atom. The summed E-state index contributed by atoms with van der Waals surface area (Å²) in [7, 11) is 3.40. The summed E-state index contributed by atoms with van der Waals surface area (Å²) in [5.41, 5.74) is 3.27. The number of likely N-dealkylation sites (N-methyl/N-ethyl adjacent to an activating group) is 1. The Labute approximate surface area is 151 Å². The van der Waals surface area contributed by atoms with E-state index in [0.29, 0.717) is 31.5 Å². The van der Waals surface area contributed by atoms with Crippen LogP contribution in [0.3, 0.4) is 0 Å². The van der Waals surface area contributed by atoms with Crippen LogP contribution in [0.5, 0.6) is 0 Å². The van der Waals surface area contributed by atoms with Crippen LogP contribution in [0.2, 0.25) is 0 Å². The zero-order valence-corrected chi connectivity index (χ0v) is 14.9. The number of benzene rings is 1. The Bertz CT molecular complexity index is 802. The molecule has 1 unspecified atom stereocenters. The third-order valence-electron chi connectivity index (χ3n) is 5.00. The highest BCUT2D eigenvalue weighted by atomic mass is 16.5. The second-order valence-corrected chi connectivity index (χ2v) is 6.70. The van der Waals surface area contributed by atoms with Crippen LogP contribution in [0.25, 0.3) is 11.4 Å². The highest BCUT2D eigenvalue weighted by Gasteiger charge is 2.30. The van der Waals surface area contributed by atoms with Gasteiger partial charge in [0.1, 0.15) is 6.61 Å². The first-order valence-corrected chi connectivity index (χ1v) is 8.71. The normalized spacial score (nSPS) is 19.1. The van der Waals surface area contributed by atoms with Gasteiger partial charge in [-0.2, -0.15) is 4.98 Å². The summed E-state index contributed by atoms with van der Waals surface area (Å²) in [6, 6.07) is 6.24. The molecule has 26 heavy (non-hydrogen) atoms. The maximum atomic E-state index is 12.4. The van der Waals surface area contributed by atoms with Crippen molar-refractivity contribution < 1.29 is 18.8 Å². The molecule has 2 aliphatic rings. The Morgan fingerprint density at radius 3 is 3.00 bits per heavy atom. The molecule has 0 saturated carbocycles. The van der Waals surface area contributed by atoms with Crippen molar-refractivity contribution in [2.24, 2.45) is 0 Å². The van der Waals surface area contributed by atoms with E-state index in [1.807, 2.05) is 19.2 Å². The van der Waals surface area contributed by atoms with E-state index in [0.717, 1.165) is 24.0 Å². The molecule has 2 aromatic rings. The molecule has 0 radical (unpaired) electrons. The molecule has 2 amide bonds. The number of methoxy groups -OCH3 is 1. The molecule has 8 heteroatoms. The molecule has 1 N–H and O–H groups in total. The van der Waals surface area contributed by atoms with E-state index in [-0.39, 0.29) is 18.1 Å². The number of hydrogen-bond donors (Lipinski definition) is 1. The maximum Gasteiger partial charge on any atom is 0.318 e. The van der Waals surface area contributed by atoms with Gasteiger partial charge in [0.05, 0.1) is 25.3 Å². The van der Waals surface area contributed by atoms with Gasteiger partial charge >= 0.3 is 6.03 Å². The second kappa shape index (κ2) is 7.05. The fourth-order valence-corrected chi connectivity index (χ4v) is 3.32. The third-order valence-corrected chi connectivity index (χ3v) is 5.00. The lowest BCUT2D eigenvalue weighted by atomic mass is 10.0. The van der Waals surface area contributed by atoms with Crippen LogP contribution in [0.1, 0.15) is 29.5 Å². The van der Waals surface area contributed by atoms with Gasteiger partial charge in [0.2, 0.25) is 5.82 Å². The van der Waals surface area contributed by atoms with Crippen molar-refractivity contribution in [3.05, 3.63) is 35.2 Å². The predicted molar refractivity (Wildman–Crippen MR) is 92.4 cm³/mol. The Hall–Kier alpha value is -2.45. The molecule has 1 atom stereocenters. The zero-order valence-electron chi connectivity index (χ0n) is 14.9. The number of aryl methyl sites for hydroxylation is 1. The summed E-state index contributed by atoms with van der Waals surface area (Å²) < 4.78 is 15.3. The van der Waals surface area contributed by atoms with Crippen LogP contribution in [-0.4, -0.2) is 54.5 Å². The van der Waals surface area contributed by atoms with Crippen molar-refractivity contribution in [3.8, 4) is 11.4 Å². The summed E-state index contributed by atoms with van der Waals surface area (Å²) in [6.45, 7) is 1.53. The minimum atomic E-state index is -0.0531. The van der Waals surface area contributed by atoms with Crippen molar-refractivity contribution in [1.29, 1.82) is 0 Å². The number of rotatable bonds is 5. The number of carbonyl (C=O) groups is 1. The number of fused-ring (bicyclic) bond motifs is 1. The molecule has 138 valence electrons. The van der Waals surface area contributed by atoms with Crippen LogP contribution in [0, 0.1) is 0 Å². The first-order valence-electron chi connectivity index (χ1n) is 8.71. The van der Waals surface area contributed by atoms with Crippen LogP contribution >= 0.6 is 0 Å². The van der Waals surface area contributed by atoms with Crippen molar-refractivity contribution in [1.82, 2.24) is 20.4 Å². The van der Waals surface area contributed by atoms with Crippen molar-refractivity contribution in [2.75, 3.05) is 27.4 Å². The molecule has 1 aromatic heterocycles. The minimum absolute atomic E-state index is 0.0318. The van der Waals surface area contributed by atoms with Crippen LogP contribution in [0.15, 0.2) is 22.7 Å². The molecule has 4 rings (SSSR count). The summed E-state index contributed by atoms with van der Waals surface area (Å²) in [6.07, 6.45) is 1.80. The van der Waals surface area contributed by atoms with Gasteiger partial charge in [0.25, 0.3) is 5.89 Å². The summed E-state index contributed by atoms with van der Waals surface area (Å²) in [4.78, 5) is 18.5. The van der Waals surface area contributed by atoms with Crippen LogP contribution in [0.4, 0.5) is 4.79 Å². The van der Waals surface area contributed by atoms with E-state index >= 15 is 0 Å². The maximum absolute atomic E-state index is 12.4. The standard InChI is InChI=1S/C18H22N4O4/c1-22(13-8-25-9-13)18(23)19-15-6-4-11-7-12(3-5-14(11)15)17-20-16(10-24-2)26-21-17/h3,5,7,13,15H,4,6,8-10H2,1-2H3,(H,19,23). The molecule has 1 aliphatic heterocycles. The van der Waals surface area contributed by atoms with Gasteiger partial charge in [0, 0.05) is 19.7 Å². The number of nitrogens with one attached hydrogen (secondary N) is 1. The van der Waals surface area contributed by atoms with Crippen LogP contribution < -0.4 is 5.32 Å². The smallest absolute Gasteiger partial charge is 0.318 e. The Morgan fingerprint density at radius 2 is 2.27 bits per heavy atom. The number of aromatic nitrogens is 2. The second-order valence-electron chi connectivity index (χ2n) is 6.70. The fraction of sp³-hybridized carbons (Fsp3) is 0.500. The highest BCUT2D eigenvalue weighted by Crippen LogP contribution is 2.34.